The molecule has 0 aliphatic rings. The lowest BCUT2D eigenvalue weighted by Gasteiger charge is -2.45. The summed E-state index contributed by atoms with van der Waals surface area (Å²) in [6.07, 6.45) is -8.09. The summed E-state index contributed by atoms with van der Waals surface area (Å²) in [6, 6.07) is 1.73. The normalized spacial score (nSPS) is 16.0. The molecular formula is C20H13F23N+. The molecular weight excluding hydrogens is 691 g/mol. The number of pyridine rings is 1. The van der Waals surface area contributed by atoms with Gasteiger partial charge < -0.3 is 0 Å². The fourth-order valence-electron chi connectivity index (χ4n) is 3.47. The van der Waals surface area contributed by atoms with E-state index in [9.17, 15) is 101 Å². The molecule has 44 heavy (non-hydrogen) atoms. The lowest BCUT2D eigenvalue weighted by molar-refractivity contribution is -0.730. The first-order valence-corrected chi connectivity index (χ1v) is 10.6. The molecule has 0 amide bonds. The topological polar surface area (TPSA) is 3.88 Å². The summed E-state index contributed by atoms with van der Waals surface area (Å²) in [6.45, 7) is -0.0297. The number of aromatic nitrogens is 1. The van der Waals surface area contributed by atoms with E-state index in [2.05, 4.69) is 0 Å². The van der Waals surface area contributed by atoms with Crippen LogP contribution >= 0.6 is 0 Å². The van der Waals surface area contributed by atoms with Crippen molar-refractivity contribution in [3.05, 3.63) is 29.1 Å². The van der Waals surface area contributed by atoms with Crippen molar-refractivity contribution >= 4 is 0 Å². The van der Waals surface area contributed by atoms with E-state index in [4.69, 9.17) is 0 Å². The maximum atomic E-state index is 14.3. The maximum Gasteiger partial charge on any atom is 0.460 e. The zero-order valence-corrected chi connectivity index (χ0v) is 21.0. The third-order valence-electron chi connectivity index (χ3n) is 6.05. The van der Waals surface area contributed by atoms with Crippen LogP contribution in [0.5, 0.6) is 0 Å². The van der Waals surface area contributed by atoms with Crippen LogP contribution in [-0.4, -0.2) is 65.4 Å². The van der Waals surface area contributed by atoms with Gasteiger partial charge in [-0.15, -0.1) is 0 Å². The molecule has 0 saturated carbocycles. The Morgan fingerprint density at radius 3 is 0.864 bits per heavy atom. The number of hydrogen-bond donors (Lipinski definition) is 0. The fourth-order valence-corrected chi connectivity index (χ4v) is 3.47. The van der Waals surface area contributed by atoms with E-state index in [1.54, 1.807) is 0 Å². The van der Waals surface area contributed by atoms with Crippen LogP contribution in [0.3, 0.4) is 0 Å². The molecule has 0 aliphatic heterocycles. The number of aryl methyl sites for hydroxylation is 3. The molecule has 0 N–H and O–H groups in total. The summed E-state index contributed by atoms with van der Waals surface area (Å²) < 4.78 is 311. The number of nitrogens with zero attached hydrogens (tertiary/aromatic N) is 1. The van der Waals surface area contributed by atoms with E-state index in [0.717, 1.165) is 26.0 Å². The van der Waals surface area contributed by atoms with Crippen LogP contribution in [0.25, 0.3) is 0 Å². The molecule has 0 aromatic carbocycles. The van der Waals surface area contributed by atoms with Crippen LogP contribution in [0.1, 0.15) is 17.0 Å². The Morgan fingerprint density at radius 2 is 0.614 bits per heavy atom. The fraction of sp³-hybridized carbons (Fsp3) is 0.750. The van der Waals surface area contributed by atoms with Gasteiger partial charge in [0.05, 0.1) is 0 Å². The van der Waals surface area contributed by atoms with Gasteiger partial charge in [0.1, 0.15) is 0 Å². The molecule has 1 aromatic rings. The molecule has 24 heteroatoms. The van der Waals surface area contributed by atoms with Crippen molar-refractivity contribution in [3.8, 4) is 0 Å². The van der Waals surface area contributed by atoms with E-state index >= 15 is 0 Å². The third-order valence-corrected chi connectivity index (χ3v) is 6.05. The van der Waals surface area contributed by atoms with Gasteiger partial charge in [0.2, 0.25) is 6.54 Å². The average Bonchev–Trinajstić information content (AvgIpc) is 2.79. The second-order valence-electron chi connectivity index (χ2n) is 9.27. The quantitative estimate of drug-likeness (QED) is 0.160. The first-order valence-electron chi connectivity index (χ1n) is 10.6. The second-order valence-corrected chi connectivity index (χ2v) is 9.27. The lowest BCUT2D eigenvalue weighted by atomic mass is 9.85. The molecule has 0 saturated heterocycles. The largest absolute Gasteiger partial charge is 0.460 e. The Hall–Kier alpha value is -2.46. The minimum absolute atomic E-state index is 0.0561. The monoisotopic (exact) mass is 704 g/mol. The van der Waals surface area contributed by atoms with Gasteiger partial charge in [-0.2, -0.15) is 106 Å². The number of rotatable bonds is 11. The predicted molar refractivity (Wildman–Crippen MR) is 96.4 cm³/mol. The second kappa shape index (κ2) is 10.3. The van der Waals surface area contributed by atoms with Gasteiger partial charge in [0, 0.05) is 26.0 Å². The Kier molecular flexibility index (Phi) is 9.24. The van der Waals surface area contributed by atoms with Crippen molar-refractivity contribution in [3.63, 3.8) is 0 Å². The van der Waals surface area contributed by atoms with Crippen LogP contribution in [0.15, 0.2) is 12.1 Å². The minimum Gasteiger partial charge on any atom is -0.194 e. The summed E-state index contributed by atoms with van der Waals surface area (Å²) in [5, 5.41) is 0. The third kappa shape index (κ3) is 4.99. The van der Waals surface area contributed by atoms with Crippen molar-refractivity contribution in [2.24, 2.45) is 0 Å². The van der Waals surface area contributed by atoms with Crippen molar-refractivity contribution in [1.82, 2.24) is 0 Å². The molecule has 0 atom stereocenters. The van der Waals surface area contributed by atoms with Crippen molar-refractivity contribution < 1.29 is 106 Å². The maximum absolute atomic E-state index is 14.3. The average molecular weight is 704 g/mol. The highest BCUT2D eigenvalue weighted by molar-refractivity contribution is 5.19. The zero-order valence-electron chi connectivity index (χ0n) is 21.0. The zero-order chi connectivity index (χ0) is 35.9. The van der Waals surface area contributed by atoms with Crippen molar-refractivity contribution in [2.45, 2.75) is 92.7 Å². The van der Waals surface area contributed by atoms with E-state index < -0.39 is 83.3 Å². The van der Waals surface area contributed by atoms with E-state index in [-0.39, 0.29) is 10.1 Å². The van der Waals surface area contributed by atoms with Crippen LogP contribution in [0, 0.1) is 20.8 Å². The summed E-state index contributed by atoms with van der Waals surface area (Å²) in [5.74, 6) is -87.5. The SMILES string of the molecule is Cc1cc(C)[n+](CC(F)(F)C(F)(F)C(F)(F)C(F)(F)C(F)(F)C(F)(F)C(F)(F)C(F)(F)C(F)(F)C(F)(F)C(F)(F)F)c(C)c1. The van der Waals surface area contributed by atoms with Gasteiger partial charge in [0.25, 0.3) is 0 Å². The van der Waals surface area contributed by atoms with E-state index in [1.807, 2.05) is 0 Å². The molecule has 1 rings (SSSR count). The minimum atomic E-state index is -9.40. The van der Waals surface area contributed by atoms with Crippen LogP contribution in [0.4, 0.5) is 101 Å². The molecule has 0 radical (unpaired) electrons. The molecule has 1 aromatic heterocycles. The molecule has 1 heterocycles. The first kappa shape index (κ1) is 39.6. The van der Waals surface area contributed by atoms with Crippen LogP contribution < -0.4 is 4.57 Å². The Morgan fingerprint density at radius 1 is 0.386 bits per heavy atom. The van der Waals surface area contributed by atoms with Gasteiger partial charge >= 0.3 is 65.4 Å². The van der Waals surface area contributed by atoms with Crippen LogP contribution in [-0.2, 0) is 6.54 Å². The summed E-state index contributed by atoms with van der Waals surface area (Å²) in [4.78, 5) is 0. The first-order chi connectivity index (χ1) is 18.8. The van der Waals surface area contributed by atoms with Gasteiger partial charge in [-0.3, -0.25) is 0 Å². The smallest absolute Gasteiger partial charge is 0.194 e. The molecule has 0 aliphatic carbocycles. The predicted octanol–water partition coefficient (Wildman–Crippen LogP) is 8.81. The Labute approximate surface area is 228 Å². The summed E-state index contributed by atoms with van der Waals surface area (Å²) >= 11 is 0. The van der Waals surface area contributed by atoms with Crippen molar-refractivity contribution in [1.29, 1.82) is 0 Å². The number of alkyl halides is 23. The lowest BCUT2D eigenvalue weighted by Crippen LogP contribution is -2.78. The summed E-state index contributed by atoms with van der Waals surface area (Å²) in [5.41, 5.74) is -0.937. The highest BCUT2D eigenvalue weighted by Gasteiger charge is 2.99. The number of hydrogen-bond acceptors (Lipinski definition) is 0. The van der Waals surface area contributed by atoms with E-state index in [0.29, 0.717) is 0 Å². The molecule has 258 valence electrons. The molecule has 0 fully saturated rings. The molecule has 0 unspecified atom stereocenters. The van der Waals surface area contributed by atoms with Gasteiger partial charge in [-0.25, -0.2) is 0 Å². The Balaban J connectivity index is 3.84. The van der Waals surface area contributed by atoms with E-state index in [1.165, 1.54) is 6.92 Å². The van der Waals surface area contributed by atoms with Crippen LogP contribution in [0.2, 0.25) is 0 Å². The Bertz CT molecular complexity index is 1200. The highest BCUT2D eigenvalue weighted by Crippen LogP contribution is 2.67. The molecule has 0 spiro atoms. The van der Waals surface area contributed by atoms with Gasteiger partial charge in [-0.1, -0.05) is 0 Å². The van der Waals surface area contributed by atoms with Crippen molar-refractivity contribution in [2.75, 3.05) is 0 Å². The highest BCUT2D eigenvalue weighted by atomic mass is 19.4. The molecule has 1 nitrogen and oxygen atoms in total. The molecule has 0 bridgehead atoms. The summed E-state index contributed by atoms with van der Waals surface area (Å²) in [7, 11) is 0. The van der Waals surface area contributed by atoms with Gasteiger partial charge in [-0.05, 0) is 12.5 Å². The van der Waals surface area contributed by atoms with Gasteiger partial charge in [0.15, 0.2) is 11.4 Å². The number of halogens is 23. The standard InChI is InChI=1S/C20H13F23N/c1-7-4-8(2)44(9(3)5-7)6-10(21,22)11(23,24)12(25,26)13(27,28)14(29,30)15(31,32)16(33,34)17(35,36)18(37,38)19(39,40)20(41,42)43/h4-5H,6H2,1-3H3/q+1.